The SMILES string of the molecule is CC1(CN)CCN(Cc2cn(-c3ccc(Cl)cc3Cl)nn2)C1. The minimum absolute atomic E-state index is 0.218. The number of rotatable bonds is 4. The second kappa shape index (κ2) is 6.16. The molecule has 0 aliphatic carbocycles. The highest BCUT2D eigenvalue weighted by Gasteiger charge is 2.32. The summed E-state index contributed by atoms with van der Waals surface area (Å²) < 4.78 is 1.69. The van der Waals surface area contributed by atoms with E-state index in [1.54, 1.807) is 16.8 Å². The number of hydrogen-bond acceptors (Lipinski definition) is 4. The van der Waals surface area contributed by atoms with Gasteiger partial charge in [0.05, 0.1) is 22.6 Å². The summed E-state index contributed by atoms with van der Waals surface area (Å²) in [7, 11) is 0. The summed E-state index contributed by atoms with van der Waals surface area (Å²) in [5.74, 6) is 0. The minimum Gasteiger partial charge on any atom is -0.330 e. The van der Waals surface area contributed by atoms with Gasteiger partial charge in [0.25, 0.3) is 0 Å². The van der Waals surface area contributed by atoms with Crippen LogP contribution in [0.2, 0.25) is 10.0 Å². The lowest BCUT2D eigenvalue weighted by atomic mass is 9.90. The van der Waals surface area contributed by atoms with E-state index >= 15 is 0 Å². The van der Waals surface area contributed by atoms with Crippen molar-refractivity contribution in [3.05, 3.63) is 40.1 Å². The van der Waals surface area contributed by atoms with Crippen molar-refractivity contribution in [3.8, 4) is 5.69 Å². The maximum Gasteiger partial charge on any atom is 0.0971 e. The molecule has 1 aliphatic rings. The van der Waals surface area contributed by atoms with Gasteiger partial charge in [-0.2, -0.15) is 0 Å². The molecular weight excluding hydrogens is 321 g/mol. The molecule has 1 atom stereocenters. The smallest absolute Gasteiger partial charge is 0.0971 e. The molecule has 7 heteroatoms. The molecule has 1 aliphatic heterocycles. The quantitative estimate of drug-likeness (QED) is 0.930. The molecule has 1 fully saturated rings. The van der Waals surface area contributed by atoms with E-state index in [-0.39, 0.29) is 5.41 Å². The Balaban J connectivity index is 1.72. The van der Waals surface area contributed by atoms with E-state index in [9.17, 15) is 0 Å². The van der Waals surface area contributed by atoms with Crippen molar-refractivity contribution in [2.75, 3.05) is 19.6 Å². The van der Waals surface area contributed by atoms with Crippen LogP contribution in [0, 0.1) is 5.41 Å². The number of nitrogens with two attached hydrogens (primary N) is 1. The third-order valence-electron chi connectivity index (χ3n) is 4.21. The average molecular weight is 340 g/mol. The van der Waals surface area contributed by atoms with E-state index in [4.69, 9.17) is 28.9 Å². The van der Waals surface area contributed by atoms with Gasteiger partial charge in [0.2, 0.25) is 0 Å². The summed E-state index contributed by atoms with van der Waals surface area (Å²) in [6.45, 7) is 5.77. The van der Waals surface area contributed by atoms with E-state index in [1.807, 2.05) is 12.3 Å². The zero-order valence-corrected chi connectivity index (χ0v) is 14.0. The predicted octanol–water partition coefficient (Wildman–Crippen LogP) is 2.74. The summed E-state index contributed by atoms with van der Waals surface area (Å²) in [4.78, 5) is 2.37. The fourth-order valence-corrected chi connectivity index (χ4v) is 3.31. The Morgan fingerprint density at radius 3 is 2.86 bits per heavy atom. The number of aromatic nitrogens is 3. The van der Waals surface area contributed by atoms with E-state index in [2.05, 4.69) is 22.1 Å². The maximum atomic E-state index is 6.20. The van der Waals surface area contributed by atoms with Gasteiger partial charge in [-0.25, -0.2) is 4.68 Å². The van der Waals surface area contributed by atoms with Gasteiger partial charge in [0.1, 0.15) is 0 Å². The van der Waals surface area contributed by atoms with Gasteiger partial charge in [-0.15, -0.1) is 5.10 Å². The topological polar surface area (TPSA) is 60.0 Å². The number of halogens is 2. The van der Waals surface area contributed by atoms with Crippen LogP contribution in [0.15, 0.2) is 24.4 Å². The molecule has 0 radical (unpaired) electrons. The van der Waals surface area contributed by atoms with Gasteiger partial charge in [-0.1, -0.05) is 35.3 Å². The van der Waals surface area contributed by atoms with Crippen LogP contribution in [0.4, 0.5) is 0 Å². The summed E-state index contributed by atoms with van der Waals surface area (Å²) in [5.41, 5.74) is 7.77. The van der Waals surface area contributed by atoms with Crippen LogP contribution in [0.25, 0.3) is 5.69 Å². The zero-order chi connectivity index (χ0) is 15.7. The zero-order valence-electron chi connectivity index (χ0n) is 12.5. The molecule has 2 N–H and O–H groups in total. The molecule has 118 valence electrons. The van der Waals surface area contributed by atoms with Crippen molar-refractivity contribution in [2.24, 2.45) is 11.1 Å². The second-order valence-corrected chi connectivity index (χ2v) is 7.07. The average Bonchev–Trinajstić information content (AvgIpc) is 3.07. The largest absolute Gasteiger partial charge is 0.330 e. The van der Waals surface area contributed by atoms with Crippen LogP contribution in [-0.2, 0) is 6.54 Å². The molecule has 2 heterocycles. The van der Waals surface area contributed by atoms with Crippen molar-refractivity contribution in [3.63, 3.8) is 0 Å². The third-order valence-corrected chi connectivity index (χ3v) is 4.75. The number of nitrogens with zero attached hydrogens (tertiary/aromatic N) is 4. The lowest BCUT2D eigenvalue weighted by Gasteiger charge is -2.21. The Labute approximate surface area is 140 Å². The first kappa shape index (κ1) is 15.7. The van der Waals surface area contributed by atoms with Gasteiger partial charge in [-0.3, -0.25) is 4.90 Å². The first-order valence-electron chi connectivity index (χ1n) is 7.28. The standard InChI is InChI=1S/C15H19Cl2N5/c1-15(9-18)4-5-21(10-15)7-12-8-22(20-19-12)14-3-2-11(16)6-13(14)17/h2-3,6,8H,4-5,7,9-10,18H2,1H3. The number of benzene rings is 1. The van der Waals surface area contributed by atoms with E-state index in [0.717, 1.165) is 44.0 Å². The molecule has 1 saturated heterocycles. The van der Waals surface area contributed by atoms with E-state index < -0.39 is 0 Å². The Morgan fingerprint density at radius 2 is 2.18 bits per heavy atom. The lowest BCUT2D eigenvalue weighted by molar-refractivity contribution is 0.272. The van der Waals surface area contributed by atoms with Crippen LogP contribution in [0.1, 0.15) is 19.0 Å². The lowest BCUT2D eigenvalue weighted by Crippen LogP contribution is -2.31. The highest BCUT2D eigenvalue weighted by atomic mass is 35.5. The molecule has 1 aromatic heterocycles. The van der Waals surface area contributed by atoms with Gasteiger partial charge in [-0.05, 0) is 43.1 Å². The molecule has 0 saturated carbocycles. The fraction of sp³-hybridized carbons (Fsp3) is 0.467. The molecule has 0 spiro atoms. The van der Waals surface area contributed by atoms with Gasteiger partial charge in [0, 0.05) is 18.1 Å². The minimum atomic E-state index is 0.218. The number of hydrogen-bond donors (Lipinski definition) is 1. The van der Waals surface area contributed by atoms with Crippen LogP contribution >= 0.6 is 23.2 Å². The number of likely N-dealkylation sites (tertiary alicyclic amines) is 1. The fourth-order valence-electron chi connectivity index (χ4n) is 2.81. The first-order chi connectivity index (χ1) is 10.5. The maximum absolute atomic E-state index is 6.20. The molecule has 0 amide bonds. The van der Waals surface area contributed by atoms with Crippen molar-refractivity contribution in [1.29, 1.82) is 0 Å². The molecular formula is C15H19Cl2N5. The molecule has 0 bridgehead atoms. The molecule has 1 aromatic carbocycles. The van der Waals surface area contributed by atoms with Crippen molar-refractivity contribution in [1.82, 2.24) is 19.9 Å². The van der Waals surface area contributed by atoms with Crippen molar-refractivity contribution < 1.29 is 0 Å². The molecule has 5 nitrogen and oxygen atoms in total. The van der Waals surface area contributed by atoms with Gasteiger partial charge in [0.15, 0.2) is 0 Å². The van der Waals surface area contributed by atoms with Gasteiger partial charge >= 0.3 is 0 Å². The molecule has 22 heavy (non-hydrogen) atoms. The van der Waals surface area contributed by atoms with E-state index in [1.165, 1.54) is 0 Å². The Bertz CT molecular complexity index is 672. The summed E-state index contributed by atoms with van der Waals surface area (Å²) in [5, 5.41) is 9.57. The highest BCUT2D eigenvalue weighted by Crippen LogP contribution is 2.29. The summed E-state index contributed by atoms with van der Waals surface area (Å²) >= 11 is 12.1. The van der Waals surface area contributed by atoms with Crippen molar-refractivity contribution >= 4 is 23.2 Å². The van der Waals surface area contributed by atoms with Crippen LogP contribution in [0.5, 0.6) is 0 Å². The highest BCUT2D eigenvalue weighted by molar-refractivity contribution is 6.35. The van der Waals surface area contributed by atoms with Crippen LogP contribution in [0.3, 0.4) is 0 Å². The van der Waals surface area contributed by atoms with Crippen LogP contribution < -0.4 is 5.73 Å². The summed E-state index contributed by atoms with van der Waals surface area (Å²) in [6, 6.07) is 5.33. The molecule has 2 aromatic rings. The summed E-state index contributed by atoms with van der Waals surface area (Å²) in [6.07, 6.45) is 3.04. The molecule has 3 rings (SSSR count). The van der Waals surface area contributed by atoms with Gasteiger partial charge < -0.3 is 5.73 Å². The Hall–Kier alpha value is -1.14. The Morgan fingerprint density at radius 1 is 1.36 bits per heavy atom. The van der Waals surface area contributed by atoms with E-state index in [0.29, 0.717) is 10.0 Å². The normalized spacial score (nSPS) is 22.4. The Kier molecular flexibility index (Phi) is 4.41. The first-order valence-corrected chi connectivity index (χ1v) is 8.04. The third kappa shape index (κ3) is 3.27. The monoisotopic (exact) mass is 339 g/mol. The molecule has 1 unspecified atom stereocenters. The van der Waals surface area contributed by atoms with Crippen molar-refractivity contribution in [2.45, 2.75) is 19.9 Å². The predicted molar refractivity (Wildman–Crippen MR) is 88.4 cm³/mol. The van der Waals surface area contributed by atoms with Crippen LogP contribution in [-0.4, -0.2) is 39.5 Å². The second-order valence-electron chi connectivity index (χ2n) is 6.23.